The zero-order valence-electron chi connectivity index (χ0n) is 10.2. The van der Waals surface area contributed by atoms with Gasteiger partial charge in [0.2, 0.25) is 0 Å². The summed E-state index contributed by atoms with van der Waals surface area (Å²) >= 11 is 5.80. The zero-order chi connectivity index (χ0) is 12.5. The number of aromatic nitrogens is 2. The Hall–Kier alpha value is -1.41. The lowest BCUT2D eigenvalue weighted by Crippen LogP contribution is -2.13. The third kappa shape index (κ3) is 2.64. The Morgan fingerprint density at radius 3 is 2.41 bits per heavy atom. The summed E-state index contributed by atoms with van der Waals surface area (Å²) in [4.78, 5) is 8.57. The minimum atomic E-state index is 0.0588. The van der Waals surface area contributed by atoms with Gasteiger partial charge in [0.15, 0.2) is 0 Å². The third-order valence-electron chi connectivity index (χ3n) is 2.62. The van der Waals surface area contributed by atoms with E-state index in [9.17, 15) is 0 Å². The molecule has 0 saturated carbocycles. The fourth-order valence-electron chi connectivity index (χ4n) is 1.76. The number of halogens is 1. The van der Waals surface area contributed by atoms with E-state index in [1.54, 1.807) is 18.5 Å². The quantitative estimate of drug-likeness (QED) is 0.708. The fourth-order valence-corrected chi connectivity index (χ4v) is 1.87. The summed E-state index contributed by atoms with van der Waals surface area (Å²) in [7, 11) is 0. The van der Waals surface area contributed by atoms with Crippen molar-refractivity contribution in [1.82, 2.24) is 9.97 Å². The Balaban J connectivity index is 2.56. The van der Waals surface area contributed by atoms with Crippen LogP contribution in [0.25, 0.3) is 11.3 Å². The van der Waals surface area contributed by atoms with Crippen LogP contribution >= 0.6 is 11.6 Å². The number of nitrogens with zero attached hydrogens (tertiary/aromatic N) is 2. The van der Waals surface area contributed by atoms with Crippen LogP contribution in [0.4, 0.5) is 0 Å². The summed E-state index contributed by atoms with van der Waals surface area (Å²) in [6, 6.07) is 7.81. The van der Waals surface area contributed by atoms with Gasteiger partial charge in [0.25, 0.3) is 0 Å². The van der Waals surface area contributed by atoms with Crippen LogP contribution in [0.2, 0.25) is 5.15 Å². The SMILES string of the molecule is CC(C)(C)c1cccnc1-c1ccc(Cl)nc1. The van der Waals surface area contributed by atoms with Crippen LogP contribution in [0.15, 0.2) is 36.7 Å². The smallest absolute Gasteiger partial charge is 0.129 e. The molecule has 2 nitrogen and oxygen atoms in total. The topological polar surface area (TPSA) is 25.8 Å². The van der Waals surface area contributed by atoms with E-state index >= 15 is 0 Å². The number of rotatable bonds is 1. The molecule has 2 heterocycles. The van der Waals surface area contributed by atoms with E-state index in [0.29, 0.717) is 5.15 Å². The van der Waals surface area contributed by atoms with Crippen molar-refractivity contribution in [3.8, 4) is 11.3 Å². The van der Waals surface area contributed by atoms with Crippen LogP contribution in [0.1, 0.15) is 26.3 Å². The van der Waals surface area contributed by atoms with E-state index in [1.165, 1.54) is 5.56 Å². The molecule has 0 saturated heterocycles. The molecule has 2 rings (SSSR count). The largest absolute Gasteiger partial charge is 0.256 e. The molecule has 3 heteroatoms. The van der Waals surface area contributed by atoms with Crippen molar-refractivity contribution >= 4 is 11.6 Å². The Bertz CT molecular complexity index is 512. The normalized spacial score (nSPS) is 11.5. The van der Waals surface area contributed by atoms with Crippen LogP contribution in [-0.2, 0) is 5.41 Å². The van der Waals surface area contributed by atoms with Crippen molar-refractivity contribution in [1.29, 1.82) is 0 Å². The Morgan fingerprint density at radius 1 is 1.06 bits per heavy atom. The lowest BCUT2D eigenvalue weighted by Gasteiger charge is -2.21. The molecule has 2 aromatic rings. The molecular formula is C14H15ClN2. The van der Waals surface area contributed by atoms with Crippen molar-refractivity contribution in [2.24, 2.45) is 0 Å². The van der Waals surface area contributed by atoms with Gasteiger partial charge in [-0.1, -0.05) is 38.4 Å². The van der Waals surface area contributed by atoms with Gasteiger partial charge >= 0.3 is 0 Å². The molecule has 0 atom stereocenters. The summed E-state index contributed by atoms with van der Waals surface area (Å²) in [6.07, 6.45) is 3.57. The van der Waals surface area contributed by atoms with E-state index in [2.05, 4.69) is 36.8 Å². The highest BCUT2D eigenvalue weighted by Gasteiger charge is 2.19. The van der Waals surface area contributed by atoms with Crippen molar-refractivity contribution in [3.63, 3.8) is 0 Å². The van der Waals surface area contributed by atoms with Gasteiger partial charge < -0.3 is 0 Å². The maximum Gasteiger partial charge on any atom is 0.129 e. The molecule has 0 bridgehead atoms. The third-order valence-corrected chi connectivity index (χ3v) is 2.84. The second-order valence-electron chi connectivity index (χ2n) is 5.02. The molecule has 0 aliphatic heterocycles. The van der Waals surface area contributed by atoms with Gasteiger partial charge in [0, 0.05) is 18.0 Å². The minimum absolute atomic E-state index is 0.0588. The Morgan fingerprint density at radius 2 is 1.82 bits per heavy atom. The van der Waals surface area contributed by atoms with E-state index in [0.717, 1.165) is 11.3 Å². The molecule has 0 aromatic carbocycles. The van der Waals surface area contributed by atoms with Gasteiger partial charge in [-0.05, 0) is 29.2 Å². The molecule has 0 fully saturated rings. The number of pyridine rings is 2. The minimum Gasteiger partial charge on any atom is -0.256 e. The van der Waals surface area contributed by atoms with Crippen molar-refractivity contribution in [2.45, 2.75) is 26.2 Å². The van der Waals surface area contributed by atoms with Crippen molar-refractivity contribution in [3.05, 3.63) is 47.4 Å². The zero-order valence-corrected chi connectivity index (χ0v) is 11.0. The maximum absolute atomic E-state index is 5.80. The molecule has 2 aromatic heterocycles. The Labute approximate surface area is 107 Å². The second-order valence-corrected chi connectivity index (χ2v) is 5.41. The predicted octanol–water partition coefficient (Wildman–Crippen LogP) is 4.09. The molecule has 0 N–H and O–H groups in total. The molecule has 0 radical (unpaired) electrons. The lowest BCUT2D eigenvalue weighted by molar-refractivity contribution is 0.589. The molecule has 0 spiro atoms. The molecule has 0 aliphatic carbocycles. The average molecular weight is 247 g/mol. The van der Waals surface area contributed by atoms with Crippen LogP contribution in [0.3, 0.4) is 0 Å². The molecule has 0 unspecified atom stereocenters. The van der Waals surface area contributed by atoms with Crippen molar-refractivity contribution in [2.75, 3.05) is 0 Å². The van der Waals surface area contributed by atoms with Crippen LogP contribution in [0, 0.1) is 0 Å². The maximum atomic E-state index is 5.80. The highest BCUT2D eigenvalue weighted by molar-refractivity contribution is 6.29. The summed E-state index contributed by atoms with van der Waals surface area (Å²) in [6.45, 7) is 6.53. The van der Waals surface area contributed by atoms with Gasteiger partial charge in [0.05, 0.1) is 5.69 Å². The summed E-state index contributed by atoms with van der Waals surface area (Å²) in [5, 5.41) is 0.502. The van der Waals surface area contributed by atoms with E-state index in [-0.39, 0.29) is 5.41 Å². The Kier molecular flexibility index (Phi) is 3.16. The molecular weight excluding hydrogens is 232 g/mol. The predicted molar refractivity (Wildman–Crippen MR) is 71.2 cm³/mol. The summed E-state index contributed by atoms with van der Waals surface area (Å²) in [5.41, 5.74) is 3.25. The molecule has 88 valence electrons. The highest BCUT2D eigenvalue weighted by Crippen LogP contribution is 2.30. The van der Waals surface area contributed by atoms with Crippen LogP contribution in [0.5, 0.6) is 0 Å². The number of hydrogen-bond donors (Lipinski definition) is 0. The second kappa shape index (κ2) is 4.46. The van der Waals surface area contributed by atoms with Gasteiger partial charge in [-0.3, -0.25) is 4.98 Å². The standard InChI is InChI=1S/C14H15ClN2/c1-14(2,3)11-5-4-8-16-13(11)10-6-7-12(15)17-9-10/h4-9H,1-3H3. The van der Waals surface area contributed by atoms with Gasteiger partial charge in [-0.2, -0.15) is 0 Å². The van der Waals surface area contributed by atoms with Crippen LogP contribution in [-0.4, -0.2) is 9.97 Å². The average Bonchev–Trinajstić information content (AvgIpc) is 2.29. The first-order valence-corrected chi connectivity index (χ1v) is 5.94. The first kappa shape index (κ1) is 12.1. The van der Waals surface area contributed by atoms with Gasteiger partial charge in [-0.25, -0.2) is 4.98 Å². The molecule has 0 amide bonds. The first-order valence-electron chi connectivity index (χ1n) is 5.56. The van der Waals surface area contributed by atoms with E-state index < -0.39 is 0 Å². The van der Waals surface area contributed by atoms with Crippen molar-refractivity contribution < 1.29 is 0 Å². The molecule has 17 heavy (non-hydrogen) atoms. The summed E-state index contributed by atoms with van der Waals surface area (Å²) < 4.78 is 0. The van der Waals surface area contributed by atoms with Gasteiger partial charge in [0.1, 0.15) is 5.15 Å². The highest BCUT2D eigenvalue weighted by atomic mass is 35.5. The monoisotopic (exact) mass is 246 g/mol. The van der Waals surface area contributed by atoms with Gasteiger partial charge in [-0.15, -0.1) is 0 Å². The lowest BCUT2D eigenvalue weighted by atomic mass is 9.84. The summed E-state index contributed by atoms with van der Waals surface area (Å²) in [5.74, 6) is 0. The van der Waals surface area contributed by atoms with E-state index in [4.69, 9.17) is 11.6 Å². The fraction of sp³-hybridized carbons (Fsp3) is 0.286. The first-order chi connectivity index (χ1) is 7.98. The number of hydrogen-bond acceptors (Lipinski definition) is 2. The van der Waals surface area contributed by atoms with Crippen LogP contribution < -0.4 is 0 Å². The van der Waals surface area contributed by atoms with E-state index in [1.807, 2.05) is 12.1 Å². The molecule has 0 aliphatic rings.